The maximum Gasteiger partial charge on any atom is 0.338 e. The van der Waals surface area contributed by atoms with Crippen molar-refractivity contribution in [3.05, 3.63) is 84.7 Å². The van der Waals surface area contributed by atoms with E-state index in [0.29, 0.717) is 16.6 Å². The van der Waals surface area contributed by atoms with Gasteiger partial charge < -0.3 is 4.74 Å². The Balaban J connectivity index is 1.38. The van der Waals surface area contributed by atoms with Crippen LogP contribution >= 0.6 is 11.8 Å². The van der Waals surface area contributed by atoms with E-state index >= 15 is 0 Å². The van der Waals surface area contributed by atoms with Crippen molar-refractivity contribution in [2.75, 3.05) is 11.5 Å². The van der Waals surface area contributed by atoms with Crippen molar-refractivity contribution in [3.8, 4) is 0 Å². The lowest BCUT2D eigenvalue weighted by Crippen LogP contribution is -2.32. The van der Waals surface area contributed by atoms with Gasteiger partial charge in [-0.2, -0.15) is 0 Å². The minimum atomic E-state index is -0.580. The molecule has 0 saturated heterocycles. The first-order chi connectivity index (χ1) is 14.7. The molecule has 0 saturated carbocycles. The molecule has 4 aromatic rings. The highest BCUT2D eigenvalue weighted by atomic mass is 32.2. The third kappa shape index (κ3) is 3.29. The number of carbonyl (C=O) groups is 2. The first-order valence-corrected chi connectivity index (χ1v) is 10.1. The number of para-hydroxylation sites is 2. The Morgan fingerprint density at radius 1 is 0.833 bits per heavy atom. The van der Waals surface area contributed by atoms with Crippen LogP contribution in [0.15, 0.2) is 88.9 Å². The molecule has 7 heteroatoms. The summed E-state index contributed by atoms with van der Waals surface area (Å²) in [5.41, 5.74) is 3.16. The van der Waals surface area contributed by atoms with Gasteiger partial charge in [0.1, 0.15) is 0 Å². The fourth-order valence-corrected chi connectivity index (χ4v) is 4.40. The summed E-state index contributed by atoms with van der Waals surface area (Å²) in [6, 6.07) is 20.3. The smallest absolute Gasteiger partial charge is 0.338 e. The highest BCUT2D eigenvalue weighted by molar-refractivity contribution is 7.99. The highest BCUT2D eigenvalue weighted by Gasteiger charge is 2.28. The number of fused-ring (bicyclic) bond motifs is 3. The molecular weight excluding hydrogens is 398 g/mol. The summed E-state index contributed by atoms with van der Waals surface area (Å²) in [6.07, 6.45) is 3.15. The van der Waals surface area contributed by atoms with Gasteiger partial charge in [0, 0.05) is 22.2 Å². The summed E-state index contributed by atoms with van der Waals surface area (Å²) >= 11 is 1.61. The van der Waals surface area contributed by atoms with Gasteiger partial charge in [0.25, 0.3) is 5.91 Å². The van der Waals surface area contributed by atoms with Crippen LogP contribution in [0, 0.1) is 0 Å². The molecule has 0 bridgehead atoms. The topological polar surface area (TPSA) is 72.4 Å². The highest BCUT2D eigenvalue weighted by Crippen LogP contribution is 2.47. The van der Waals surface area contributed by atoms with Crippen LogP contribution in [-0.2, 0) is 9.53 Å². The van der Waals surface area contributed by atoms with Crippen LogP contribution in [0.5, 0.6) is 0 Å². The summed E-state index contributed by atoms with van der Waals surface area (Å²) < 4.78 is 5.34. The Hall–Kier alpha value is -3.71. The number of anilines is 2. The molecule has 30 heavy (non-hydrogen) atoms. The van der Waals surface area contributed by atoms with Crippen molar-refractivity contribution in [2.45, 2.75) is 9.79 Å². The predicted octanol–water partition coefficient (Wildman–Crippen LogP) is 4.62. The summed E-state index contributed by atoms with van der Waals surface area (Å²) in [5, 5.41) is 0. The third-order valence-corrected chi connectivity index (χ3v) is 5.84. The van der Waals surface area contributed by atoms with Gasteiger partial charge in [-0.15, -0.1) is 0 Å². The lowest BCUT2D eigenvalue weighted by Gasteiger charge is -2.30. The van der Waals surface area contributed by atoms with Crippen LogP contribution in [-0.4, -0.2) is 28.5 Å². The molecule has 0 spiro atoms. The number of esters is 1. The van der Waals surface area contributed by atoms with E-state index in [0.717, 1.165) is 21.2 Å². The first-order valence-electron chi connectivity index (χ1n) is 9.27. The number of carbonyl (C=O) groups excluding carboxylic acids is 2. The lowest BCUT2D eigenvalue weighted by atomic mass is 10.2. The van der Waals surface area contributed by atoms with E-state index in [1.54, 1.807) is 47.3 Å². The summed E-state index contributed by atoms with van der Waals surface area (Å²) in [7, 11) is 0. The molecule has 1 aliphatic rings. The van der Waals surface area contributed by atoms with Crippen molar-refractivity contribution in [2.24, 2.45) is 0 Å². The Kier molecular flexibility index (Phi) is 4.65. The molecule has 0 atom stereocenters. The SMILES string of the molecule is O=C(OCC(=O)N1c2ccccc2Sc2ccccc21)c1ccc2nccnc2c1. The number of ether oxygens (including phenoxy) is 1. The number of rotatable bonds is 3. The Morgan fingerprint density at radius 2 is 1.47 bits per heavy atom. The van der Waals surface area contributed by atoms with Crippen molar-refractivity contribution in [1.82, 2.24) is 9.97 Å². The maximum atomic E-state index is 13.1. The van der Waals surface area contributed by atoms with Gasteiger partial charge >= 0.3 is 5.97 Å². The molecule has 0 aliphatic carbocycles. The number of benzene rings is 3. The molecular formula is C23H15N3O3S. The normalized spacial score (nSPS) is 12.2. The second kappa shape index (κ2) is 7.61. The van der Waals surface area contributed by atoms with E-state index in [1.807, 2.05) is 48.5 Å². The van der Waals surface area contributed by atoms with E-state index in [1.165, 1.54) is 0 Å². The largest absolute Gasteiger partial charge is 0.452 e. The van der Waals surface area contributed by atoms with E-state index in [4.69, 9.17) is 4.74 Å². The van der Waals surface area contributed by atoms with Gasteiger partial charge in [-0.1, -0.05) is 36.0 Å². The minimum Gasteiger partial charge on any atom is -0.452 e. The third-order valence-electron chi connectivity index (χ3n) is 4.71. The fraction of sp³-hybridized carbons (Fsp3) is 0.0435. The molecule has 0 unspecified atom stereocenters. The zero-order valence-electron chi connectivity index (χ0n) is 15.7. The van der Waals surface area contributed by atoms with Gasteiger partial charge in [-0.3, -0.25) is 19.7 Å². The van der Waals surface area contributed by atoms with E-state index in [9.17, 15) is 9.59 Å². The molecule has 5 rings (SSSR count). The molecule has 0 N–H and O–H groups in total. The molecule has 0 fully saturated rings. The summed E-state index contributed by atoms with van der Waals surface area (Å²) in [5.74, 6) is -0.895. The summed E-state index contributed by atoms with van der Waals surface area (Å²) in [4.78, 5) is 37.6. The van der Waals surface area contributed by atoms with Crippen molar-refractivity contribution >= 4 is 46.0 Å². The van der Waals surface area contributed by atoms with Crippen LogP contribution in [0.1, 0.15) is 10.4 Å². The first kappa shape index (κ1) is 18.3. The fourth-order valence-electron chi connectivity index (χ4n) is 3.34. The van der Waals surface area contributed by atoms with Gasteiger partial charge in [-0.05, 0) is 42.5 Å². The average molecular weight is 413 g/mol. The zero-order chi connectivity index (χ0) is 20.5. The second-order valence-electron chi connectivity index (χ2n) is 6.60. The molecule has 2 heterocycles. The van der Waals surface area contributed by atoms with Crippen LogP contribution in [0.4, 0.5) is 11.4 Å². The zero-order valence-corrected chi connectivity index (χ0v) is 16.5. The van der Waals surface area contributed by atoms with E-state index in [-0.39, 0.29) is 12.5 Å². The van der Waals surface area contributed by atoms with Gasteiger partial charge in [0.2, 0.25) is 0 Å². The molecule has 1 aliphatic heterocycles. The predicted molar refractivity (Wildman–Crippen MR) is 114 cm³/mol. The molecule has 146 valence electrons. The van der Waals surface area contributed by atoms with Crippen LogP contribution in [0.25, 0.3) is 11.0 Å². The Bertz CT molecular complexity index is 1250. The minimum absolute atomic E-state index is 0.316. The number of nitrogens with zero attached hydrogens (tertiary/aromatic N) is 3. The Morgan fingerprint density at radius 3 is 2.17 bits per heavy atom. The molecule has 6 nitrogen and oxygen atoms in total. The van der Waals surface area contributed by atoms with Gasteiger partial charge in [0.15, 0.2) is 6.61 Å². The standard InChI is InChI=1S/C23H15N3O3S/c27-22(14-29-23(28)15-9-10-16-17(13-15)25-12-11-24-16)26-18-5-1-3-7-20(18)30-21-8-4-2-6-19(21)26/h1-13H,14H2. The van der Waals surface area contributed by atoms with Gasteiger partial charge in [0.05, 0.1) is 28.0 Å². The lowest BCUT2D eigenvalue weighted by molar-refractivity contribution is -0.121. The maximum absolute atomic E-state index is 13.1. The average Bonchev–Trinajstić information content (AvgIpc) is 2.80. The van der Waals surface area contributed by atoms with Crippen molar-refractivity contribution in [1.29, 1.82) is 0 Å². The molecule has 1 aromatic heterocycles. The van der Waals surface area contributed by atoms with Crippen LogP contribution in [0.3, 0.4) is 0 Å². The van der Waals surface area contributed by atoms with E-state index in [2.05, 4.69) is 9.97 Å². The van der Waals surface area contributed by atoms with Crippen molar-refractivity contribution in [3.63, 3.8) is 0 Å². The monoisotopic (exact) mass is 413 g/mol. The van der Waals surface area contributed by atoms with Gasteiger partial charge in [-0.25, -0.2) is 4.79 Å². The molecule has 1 amide bonds. The van der Waals surface area contributed by atoms with Crippen LogP contribution in [0.2, 0.25) is 0 Å². The summed E-state index contributed by atoms with van der Waals surface area (Å²) in [6.45, 7) is -0.370. The number of aromatic nitrogens is 2. The second-order valence-corrected chi connectivity index (χ2v) is 7.69. The number of amides is 1. The molecule has 0 radical (unpaired) electrons. The Labute approximate surface area is 176 Å². The van der Waals surface area contributed by atoms with Crippen molar-refractivity contribution < 1.29 is 14.3 Å². The van der Waals surface area contributed by atoms with E-state index < -0.39 is 5.97 Å². The number of hydrogen-bond donors (Lipinski definition) is 0. The number of hydrogen-bond acceptors (Lipinski definition) is 6. The molecule has 3 aromatic carbocycles. The van der Waals surface area contributed by atoms with Crippen LogP contribution < -0.4 is 4.90 Å². The quantitative estimate of drug-likeness (QED) is 0.457.